The molecule has 0 aromatic heterocycles. The molecule has 106 heavy (non-hydrogen) atoms. The van der Waals surface area contributed by atoms with E-state index in [1.807, 2.05) is 18.2 Å². The molecule has 0 aliphatic heterocycles. The first kappa shape index (κ1) is 101. The van der Waals surface area contributed by atoms with Crippen LogP contribution in [0.1, 0.15) is 310 Å². The summed E-state index contributed by atoms with van der Waals surface area (Å²) < 4.78 is 68.6. The highest BCUT2D eigenvalue weighted by atomic mass is 31.2. The highest BCUT2D eigenvalue weighted by Crippen LogP contribution is 2.45. The van der Waals surface area contributed by atoms with Gasteiger partial charge in [-0.2, -0.15) is 0 Å². The van der Waals surface area contributed by atoms with E-state index in [0.717, 1.165) is 161 Å². The van der Waals surface area contributed by atoms with Crippen molar-refractivity contribution in [1.82, 2.24) is 0 Å². The number of hydrogen-bond donors (Lipinski definition) is 3. The molecule has 17 nitrogen and oxygen atoms in total. The average molecular weight is 1520 g/mol. The minimum Gasteiger partial charge on any atom is -0.462 e. The molecule has 0 saturated carbocycles. The predicted molar refractivity (Wildman–Crippen MR) is 436 cm³/mol. The highest BCUT2D eigenvalue weighted by molar-refractivity contribution is 7.47. The number of phosphoric ester groups is 2. The Morgan fingerprint density at radius 1 is 0.274 bits per heavy atom. The molecule has 0 heterocycles. The number of carbonyl (C=O) groups is 4. The molecule has 0 aromatic rings. The molecular formula is C87H144O17P2. The first-order chi connectivity index (χ1) is 51.7. The third-order valence-electron chi connectivity index (χ3n) is 16.5. The molecule has 0 aliphatic rings. The lowest BCUT2D eigenvalue weighted by molar-refractivity contribution is -0.161. The zero-order chi connectivity index (χ0) is 77.4. The van der Waals surface area contributed by atoms with Crippen LogP contribution in [-0.2, 0) is 65.4 Å². The molecule has 0 fully saturated rings. The Labute approximate surface area is 642 Å². The molecule has 0 bridgehead atoms. The molecule has 5 unspecified atom stereocenters. The van der Waals surface area contributed by atoms with Crippen LogP contribution >= 0.6 is 15.6 Å². The van der Waals surface area contributed by atoms with E-state index in [1.165, 1.54) is 64.2 Å². The standard InChI is InChI=1S/C87H144O17P2/c1-5-9-13-17-21-25-29-33-37-39-40-42-45-48-52-56-60-64-68-72-85(90)98-78-83(104-87(92)74-70-66-62-58-54-50-46-41-38-34-30-26-22-18-14-10-6-2)80-102-106(95,96)100-76-81(88)75-99-105(93,94)101-79-82(103-86(91)73-69-65-61-57-53-49-44-36-32-28-24-20-16-12-8-4)77-97-84(89)71-67-63-59-55-51-47-43-35-31-27-23-19-15-11-7-3/h9-11,13-15,21-23,25-27,33-35,37-38,40,42-43,46,48,50,52,60,64,81-83,88H,5-8,12,16-20,24,28-32,36,39,41,44-45,47,49,51,53-59,61-63,65-80H2,1-4H3,(H,93,94)(H,95,96)/b13-9-,14-10-,15-11-,25-21-,26-22-,27-23-,37-33-,38-34-,42-40-,43-35-,50-46-,52-48-,64-60-. The second-order valence-corrected chi connectivity index (χ2v) is 29.5. The summed E-state index contributed by atoms with van der Waals surface area (Å²) in [6, 6.07) is 0. The van der Waals surface area contributed by atoms with E-state index < -0.39 is 97.5 Å². The summed E-state index contributed by atoms with van der Waals surface area (Å²) in [4.78, 5) is 73.1. The monoisotopic (exact) mass is 1520 g/mol. The van der Waals surface area contributed by atoms with E-state index in [-0.39, 0.29) is 25.7 Å². The van der Waals surface area contributed by atoms with Crippen molar-refractivity contribution < 1.29 is 80.2 Å². The molecule has 19 heteroatoms. The van der Waals surface area contributed by atoms with Crippen LogP contribution < -0.4 is 0 Å². The molecule has 0 spiro atoms. The van der Waals surface area contributed by atoms with Crippen molar-refractivity contribution in [2.24, 2.45) is 0 Å². The largest absolute Gasteiger partial charge is 0.472 e. The molecule has 0 aromatic carbocycles. The quantitative estimate of drug-likeness (QED) is 0.0169. The topological polar surface area (TPSA) is 237 Å². The smallest absolute Gasteiger partial charge is 0.462 e. The number of allylic oxidation sites excluding steroid dienone is 26. The second kappa shape index (κ2) is 77.8. The van der Waals surface area contributed by atoms with Crippen LogP contribution in [0.3, 0.4) is 0 Å². The van der Waals surface area contributed by atoms with Gasteiger partial charge in [-0.05, 0) is 135 Å². The number of carbonyl (C=O) groups excluding carboxylic acids is 4. The number of hydrogen-bond acceptors (Lipinski definition) is 15. The number of rotatable bonds is 75. The van der Waals surface area contributed by atoms with Crippen molar-refractivity contribution in [3.8, 4) is 0 Å². The lowest BCUT2D eigenvalue weighted by Gasteiger charge is -2.21. The predicted octanol–water partition coefficient (Wildman–Crippen LogP) is 24.0. The zero-order valence-corrected chi connectivity index (χ0v) is 67.8. The normalized spacial score (nSPS) is 14.7. The molecular weight excluding hydrogens is 1380 g/mol. The van der Waals surface area contributed by atoms with Crippen LogP contribution in [0.15, 0.2) is 158 Å². The van der Waals surface area contributed by atoms with Crippen molar-refractivity contribution in [3.63, 3.8) is 0 Å². The zero-order valence-electron chi connectivity index (χ0n) is 66.1. The summed E-state index contributed by atoms with van der Waals surface area (Å²) in [5.41, 5.74) is 0. The van der Waals surface area contributed by atoms with Crippen molar-refractivity contribution in [2.75, 3.05) is 39.6 Å². The SMILES string of the molecule is CC/C=C\C/C=C\C/C=C\C/C=C\C/C=C\C/C=C\CCC(=O)OCC(COP(=O)(O)OCC(O)COP(=O)(O)OCC(COC(=O)CCCCCCC/C=C\C/C=C\C/C=C\CC)OC(=O)CCCCCCCCCCCCCCCCC)OC(=O)CCCCCC/C=C\C/C=C\C/C=C\C/C=C\CC. The van der Waals surface area contributed by atoms with E-state index in [9.17, 15) is 43.2 Å². The van der Waals surface area contributed by atoms with Crippen LogP contribution in [-0.4, -0.2) is 96.7 Å². The van der Waals surface area contributed by atoms with Crippen molar-refractivity contribution in [2.45, 2.75) is 329 Å². The maximum Gasteiger partial charge on any atom is 0.472 e. The van der Waals surface area contributed by atoms with E-state index in [1.54, 1.807) is 0 Å². The molecule has 0 saturated heterocycles. The van der Waals surface area contributed by atoms with E-state index in [0.29, 0.717) is 32.1 Å². The number of unbranched alkanes of at least 4 members (excludes halogenated alkanes) is 23. The van der Waals surface area contributed by atoms with Gasteiger partial charge in [-0.25, -0.2) is 9.13 Å². The lowest BCUT2D eigenvalue weighted by Crippen LogP contribution is -2.30. The van der Waals surface area contributed by atoms with Gasteiger partial charge in [-0.1, -0.05) is 308 Å². The molecule has 0 aliphatic carbocycles. The third kappa shape index (κ3) is 76.9. The molecule has 0 amide bonds. The summed E-state index contributed by atoms with van der Waals surface area (Å²) in [7, 11) is -10.0. The lowest BCUT2D eigenvalue weighted by atomic mass is 10.0. The van der Waals surface area contributed by atoms with Crippen LogP contribution in [0, 0.1) is 0 Å². The van der Waals surface area contributed by atoms with Crippen molar-refractivity contribution in [1.29, 1.82) is 0 Å². The number of phosphoric acid groups is 2. The number of aliphatic hydroxyl groups is 1. The minimum absolute atomic E-state index is 0.0254. The Hall–Kier alpha value is -5.32. The number of ether oxygens (including phenoxy) is 4. The summed E-state index contributed by atoms with van der Waals surface area (Å²) in [6.07, 6.45) is 90.9. The third-order valence-corrected chi connectivity index (χ3v) is 18.4. The van der Waals surface area contributed by atoms with E-state index in [4.69, 9.17) is 37.0 Å². The Balaban J connectivity index is 5.47. The van der Waals surface area contributed by atoms with E-state index >= 15 is 0 Å². The van der Waals surface area contributed by atoms with Gasteiger partial charge >= 0.3 is 39.5 Å². The van der Waals surface area contributed by atoms with Gasteiger partial charge in [0.05, 0.1) is 26.4 Å². The Morgan fingerprint density at radius 2 is 0.509 bits per heavy atom. The van der Waals surface area contributed by atoms with Gasteiger partial charge in [-0.15, -0.1) is 0 Å². The molecule has 3 N–H and O–H groups in total. The van der Waals surface area contributed by atoms with Gasteiger partial charge in [-0.3, -0.25) is 37.3 Å². The molecule has 5 atom stereocenters. The van der Waals surface area contributed by atoms with Crippen LogP contribution in [0.5, 0.6) is 0 Å². The number of esters is 4. The van der Waals surface area contributed by atoms with Crippen LogP contribution in [0.4, 0.5) is 0 Å². The maximum absolute atomic E-state index is 13.1. The maximum atomic E-state index is 13.1. The number of aliphatic hydroxyl groups excluding tert-OH is 1. The fourth-order valence-electron chi connectivity index (χ4n) is 10.4. The molecule has 0 rings (SSSR count). The van der Waals surface area contributed by atoms with Gasteiger partial charge in [0.25, 0.3) is 0 Å². The van der Waals surface area contributed by atoms with Crippen LogP contribution in [0.25, 0.3) is 0 Å². The highest BCUT2D eigenvalue weighted by Gasteiger charge is 2.30. The van der Waals surface area contributed by atoms with Gasteiger partial charge in [0.1, 0.15) is 19.3 Å². The molecule has 0 radical (unpaired) electrons. The first-order valence-corrected chi connectivity index (χ1v) is 43.7. The Kier molecular flexibility index (Phi) is 73.9. The summed E-state index contributed by atoms with van der Waals surface area (Å²) in [5.74, 6) is -2.32. The fourth-order valence-corrected chi connectivity index (χ4v) is 12.0. The van der Waals surface area contributed by atoms with Crippen LogP contribution in [0.2, 0.25) is 0 Å². The van der Waals surface area contributed by atoms with Gasteiger partial charge in [0.15, 0.2) is 12.2 Å². The first-order valence-electron chi connectivity index (χ1n) is 40.7. The fraction of sp³-hybridized carbons (Fsp3) is 0.655. The molecule has 604 valence electrons. The summed E-state index contributed by atoms with van der Waals surface area (Å²) in [5, 5.41) is 10.7. The average Bonchev–Trinajstić information content (AvgIpc) is 0.902. The summed E-state index contributed by atoms with van der Waals surface area (Å²) >= 11 is 0. The van der Waals surface area contributed by atoms with Gasteiger partial charge in [0, 0.05) is 25.7 Å². The van der Waals surface area contributed by atoms with Gasteiger partial charge < -0.3 is 33.8 Å². The summed E-state index contributed by atoms with van der Waals surface area (Å²) in [6.45, 7) is 4.42. The minimum atomic E-state index is -5.01. The Bertz CT molecular complexity index is 2630. The van der Waals surface area contributed by atoms with Gasteiger partial charge in [0.2, 0.25) is 0 Å². The Morgan fingerprint density at radius 3 is 0.811 bits per heavy atom. The van der Waals surface area contributed by atoms with Crippen molar-refractivity contribution >= 4 is 39.5 Å². The van der Waals surface area contributed by atoms with E-state index in [2.05, 4.69) is 167 Å². The van der Waals surface area contributed by atoms with Crippen molar-refractivity contribution in [3.05, 3.63) is 158 Å². The second-order valence-electron chi connectivity index (χ2n) is 26.6.